The molecule has 1 aromatic heterocycles. The van der Waals surface area contributed by atoms with Crippen LogP contribution in [0.2, 0.25) is 0 Å². The topological polar surface area (TPSA) is 92.4 Å². The Balaban J connectivity index is 1.75. The summed E-state index contributed by atoms with van der Waals surface area (Å²) in [5, 5.41) is 5.99. The first kappa shape index (κ1) is 19.4. The molecule has 1 aromatic carbocycles. The third-order valence-corrected chi connectivity index (χ3v) is 3.88. The first-order chi connectivity index (χ1) is 12.7. The van der Waals surface area contributed by atoms with E-state index in [1.165, 1.54) is 0 Å². The van der Waals surface area contributed by atoms with Crippen molar-refractivity contribution < 1.29 is 4.79 Å². The van der Waals surface area contributed by atoms with Gasteiger partial charge in [-0.05, 0) is 36.2 Å². The van der Waals surface area contributed by atoms with Crippen LogP contribution in [0.25, 0.3) is 0 Å². The summed E-state index contributed by atoms with van der Waals surface area (Å²) in [5.74, 6) is 0.367. The van der Waals surface area contributed by atoms with Crippen molar-refractivity contribution in [2.75, 3.05) is 13.1 Å². The molecule has 0 spiro atoms. The molecular formula is C20H27N5O. The summed E-state index contributed by atoms with van der Waals surface area (Å²) in [6.07, 6.45) is 4.62. The van der Waals surface area contributed by atoms with Gasteiger partial charge in [0.15, 0.2) is 5.96 Å². The summed E-state index contributed by atoms with van der Waals surface area (Å²) in [6.45, 7) is 3.96. The minimum absolute atomic E-state index is 0.0378. The molecule has 2 rings (SSSR count). The lowest BCUT2D eigenvalue weighted by Crippen LogP contribution is -2.33. The summed E-state index contributed by atoms with van der Waals surface area (Å²) >= 11 is 0. The van der Waals surface area contributed by atoms with E-state index in [1.807, 2.05) is 42.5 Å². The maximum absolute atomic E-state index is 12.0. The van der Waals surface area contributed by atoms with Gasteiger partial charge < -0.3 is 16.4 Å². The number of nitrogens with two attached hydrogens (primary N) is 1. The third-order valence-electron chi connectivity index (χ3n) is 3.88. The Morgan fingerprint density at radius 1 is 1.12 bits per heavy atom. The third kappa shape index (κ3) is 6.93. The number of guanidine groups is 1. The molecule has 2 aromatic rings. The van der Waals surface area contributed by atoms with Gasteiger partial charge in [-0.15, -0.1) is 0 Å². The van der Waals surface area contributed by atoms with E-state index in [0.717, 1.165) is 30.5 Å². The number of aliphatic imine (C=N–C) groups is 1. The van der Waals surface area contributed by atoms with Crippen LogP contribution in [0.4, 0.5) is 0 Å². The van der Waals surface area contributed by atoms with Gasteiger partial charge in [0.1, 0.15) is 0 Å². The fraction of sp³-hybridized carbons (Fsp3) is 0.350. The maximum atomic E-state index is 12.0. The largest absolute Gasteiger partial charge is 0.370 e. The summed E-state index contributed by atoms with van der Waals surface area (Å²) < 4.78 is 0. The molecule has 1 heterocycles. The zero-order valence-electron chi connectivity index (χ0n) is 15.2. The summed E-state index contributed by atoms with van der Waals surface area (Å²) in [4.78, 5) is 20.5. The molecule has 0 saturated carbocycles. The fourth-order valence-electron chi connectivity index (χ4n) is 2.34. The SMILES string of the molecule is CCCCNC(=O)c1ccc(CN=C(N)NCCc2ccccn2)cc1. The molecule has 0 aliphatic rings. The van der Waals surface area contributed by atoms with E-state index in [2.05, 4.69) is 27.5 Å². The van der Waals surface area contributed by atoms with Crippen LogP contribution in [0.15, 0.2) is 53.7 Å². The Labute approximate surface area is 154 Å². The molecular weight excluding hydrogens is 326 g/mol. The van der Waals surface area contributed by atoms with Crippen molar-refractivity contribution >= 4 is 11.9 Å². The van der Waals surface area contributed by atoms with Gasteiger partial charge in [0, 0.05) is 37.0 Å². The monoisotopic (exact) mass is 353 g/mol. The Kier molecular flexibility index (Phi) is 8.12. The minimum atomic E-state index is -0.0378. The van der Waals surface area contributed by atoms with E-state index in [1.54, 1.807) is 6.20 Å². The van der Waals surface area contributed by atoms with Crippen LogP contribution in [0, 0.1) is 0 Å². The number of hydrogen-bond acceptors (Lipinski definition) is 3. The molecule has 6 nitrogen and oxygen atoms in total. The molecule has 4 N–H and O–H groups in total. The smallest absolute Gasteiger partial charge is 0.251 e. The molecule has 138 valence electrons. The van der Waals surface area contributed by atoms with E-state index in [-0.39, 0.29) is 5.91 Å². The molecule has 0 unspecified atom stereocenters. The van der Waals surface area contributed by atoms with Crippen molar-refractivity contribution in [2.45, 2.75) is 32.7 Å². The number of nitrogens with one attached hydrogen (secondary N) is 2. The molecule has 0 fully saturated rings. The highest BCUT2D eigenvalue weighted by Gasteiger charge is 2.04. The summed E-state index contributed by atoms with van der Waals surface area (Å²) in [5.41, 5.74) is 8.57. The maximum Gasteiger partial charge on any atom is 0.251 e. The second-order valence-electron chi connectivity index (χ2n) is 6.01. The lowest BCUT2D eigenvalue weighted by molar-refractivity contribution is 0.0953. The molecule has 0 atom stereocenters. The molecule has 0 aliphatic carbocycles. The Bertz CT molecular complexity index is 698. The first-order valence-corrected chi connectivity index (χ1v) is 9.00. The van der Waals surface area contributed by atoms with E-state index in [4.69, 9.17) is 5.73 Å². The van der Waals surface area contributed by atoms with Crippen molar-refractivity contribution in [1.29, 1.82) is 0 Å². The number of amides is 1. The Hall–Kier alpha value is -2.89. The molecule has 0 bridgehead atoms. The second-order valence-corrected chi connectivity index (χ2v) is 6.01. The summed E-state index contributed by atoms with van der Waals surface area (Å²) in [7, 11) is 0. The second kappa shape index (κ2) is 10.9. The summed E-state index contributed by atoms with van der Waals surface area (Å²) in [6, 6.07) is 13.3. The Morgan fingerprint density at radius 2 is 1.92 bits per heavy atom. The number of hydrogen-bond donors (Lipinski definition) is 3. The van der Waals surface area contributed by atoms with Crippen molar-refractivity contribution in [3.05, 3.63) is 65.5 Å². The van der Waals surface area contributed by atoms with Gasteiger partial charge in [0.05, 0.1) is 6.54 Å². The average Bonchev–Trinajstić information content (AvgIpc) is 2.68. The lowest BCUT2D eigenvalue weighted by Gasteiger charge is -2.06. The van der Waals surface area contributed by atoms with E-state index in [9.17, 15) is 4.79 Å². The number of pyridine rings is 1. The van der Waals surface area contributed by atoms with Crippen molar-refractivity contribution in [2.24, 2.45) is 10.7 Å². The van der Waals surface area contributed by atoms with Gasteiger partial charge in [0.25, 0.3) is 5.91 Å². The van der Waals surface area contributed by atoms with E-state index in [0.29, 0.717) is 31.2 Å². The normalized spacial score (nSPS) is 11.2. The van der Waals surface area contributed by atoms with Crippen molar-refractivity contribution in [3.63, 3.8) is 0 Å². The lowest BCUT2D eigenvalue weighted by atomic mass is 10.1. The number of benzene rings is 1. The van der Waals surface area contributed by atoms with E-state index < -0.39 is 0 Å². The standard InChI is InChI=1S/C20H27N5O/c1-2-3-12-23-19(26)17-9-7-16(8-10-17)15-25-20(21)24-14-11-18-6-4-5-13-22-18/h4-10,13H,2-3,11-12,14-15H2,1H3,(H,23,26)(H3,21,24,25). The van der Waals surface area contributed by atoms with Gasteiger partial charge >= 0.3 is 0 Å². The van der Waals surface area contributed by atoms with Gasteiger partial charge in [-0.1, -0.05) is 31.5 Å². The van der Waals surface area contributed by atoms with Crippen LogP contribution in [-0.4, -0.2) is 29.9 Å². The van der Waals surface area contributed by atoms with Crippen molar-refractivity contribution in [1.82, 2.24) is 15.6 Å². The average molecular weight is 353 g/mol. The minimum Gasteiger partial charge on any atom is -0.370 e. The molecule has 6 heteroatoms. The van der Waals surface area contributed by atoms with Gasteiger partial charge in [-0.25, -0.2) is 4.99 Å². The number of carbonyl (C=O) groups is 1. The number of unbranched alkanes of at least 4 members (excludes halogenated alkanes) is 1. The molecule has 0 aliphatic heterocycles. The van der Waals surface area contributed by atoms with Crippen LogP contribution < -0.4 is 16.4 Å². The number of nitrogens with zero attached hydrogens (tertiary/aromatic N) is 2. The zero-order chi connectivity index (χ0) is 18.6. The zero-order valence-corrected chi connectivity index (χ0v) is 15.2. The Morgan fingerprint density at radius 3 is 2.62 bits per heavy atom. The number of aromatic nitrogens is 1. The molecule has 0 radical (unpaired) electrons. The highest BCUT2D eigenvalue weighted by molar-refractivity contribution is 5.94. The van der Waals surface area contributed by atoms with Gasteiger partial charge in [-0.2, -0.15) is 0 Å². The van der Waals surface area contributed by atoms with Crippen molar-refractivity contribution in [3.8, 4) is 0 Å². The fourth-order valence-corrected chi connectivity index (χ4v) is 2.34. The first-order valence-electron chi connectivity index (χ1n) is 9.00. The van der Waals surface area contributed by atoms with Gasteiger partial charge in [0.2, 0.25) is 0 Å². The number of carbonyl (C=O) groups excluding carboxylic acids is 1. The molecule has 26 heavy (non-hydrogen) atoms. The van der Waals surface area contributed by atoms with Crippen LogP contribution in [0.3, 0.4) is 0 Å². The molecule has 0 saturated heterocycles. The quantitative estimate of drug-likeness (QED) is 0.366. The van der Waals surface area contributed by atoms with Crippen LogP contribution in [0.1, 0.15) is 41.4 Å². The highest BCUT2D eigenvalue weighted by atomic mass is 16.1. The predicted octanol–water partition coefficient (Wildman–Crippen LogP) is 2.26. The van der Waals surface area contributed by atoms with Gasteiger partial charge in [-0.3, -0.25) is 9.78 Å². The number of rotatable bonds is 9. The van der Waals surface area contributed by atoms with Crippen LogP contribution >= 0.6 is 0 Å². The highest BCUT2D eigenvalue weighted by Crippen LogP contribution is 2.06. The molecule has 1 amide bonds. The van der Waals surface area contributed by atoms with Crippen LogP contribution in [0.5, 0.6) is 0 Å². The van der Waals surface area contributed by atoms with E-state index >= 15 is 0 Å². The predicted molar refractivity (Wildman–Crippen MR) is 105 cm³/mol. The van der Waals surface area contributed by atoms with Crippen LogP contribution in [-0.2, 0) is 13.0 Å².